The van der Waals surface area contributed by atoms with E-state index in [0.29, 0.717) is 33.6 Å². The zero-order valence-electron chi connectivity index (χ0n) is 14.6. The van der Waals surface area contributed by atoms with Gasteiger partial charge in [0.15, 0.2) is 0 Å². The minimum Gasteiger partial charge on any atom is -0.491 e. The molecule has 1 atom stereocenters. The molecule has 1 N–H and O–H groups in total. The first kappa shape index (κ1) is 18.7. The van der Waals surface area contributed by atoms with Gasteiger partial charge in [-0.05, 0) is 43.7 Å². The van der Waals surface area contributed by atoms with Gasteiger partial charge in [-0.2, -0.15) is 17.6 Å². The van der Waals surface area contributed by atoms with Gasteiger partial charge in [0.05, 0.1) is 21.4 Å². The Balaban J connectivity index is 1.62. The molecule has 144 valence electrons. The van der Waals surface area contributed by atoms with Crippen LogP contribution in [0, 0.1) is 0 Å². The molecule has 1 aliphatic rings. The molecule has 0 amide bonds. The molecular weight excluding hydrogens is 406 g/mol. The van der Waals surface area contributed by atoms with Gasteiger partial charge in [-0.15, -0.1) is 11.3 Å². The van der Waals surface area contributed by atoms with E-state index in [1.807, 2.05) is 6.07 Å². The van der Waals surface area contributed by atoms with Crippen molar-refractivity contribution in [2.75, 3.05) is 13.2 Å². The van der Waals surface area contributed by atoms with Gasteiger partial charge in [-0.1, -0.05) is 30.5 Å². The maximum Gasteiger partial charge on any atom is 0.293 e. The fraction of sp³-hybridized carbons (Fsp3) is 0.389. The van der Waals surface area contributed by atoms with E-state index in [-0.39, 0.29) is 4.21 Å². The van der Waals surface area contributed by atoms with Crippen molar-refractivity contribution in [2.24, 2.45) is 0 Å². The van der Waals surface area contributed by atoms with Crippen LogP contribution in [0.15, 0.2) is 40.7 Å². The summed E-state index contributed by atoms with van der Waals surface area (Å²) >= 11 is 6.91. The van der Waals surface area contributed by atoms with Crippen LogP contribution in [-0.4, -0.2) is 36.8 Å². The number of hydrogen-bond acceptors (Lipinski definition) is 6. The van der Waals surface area contributed by atoms with Crippen LogP contribution in [0.1, 0.15) is 25.7 Å². The Bertz CT molecular complexity index is 1040. The molecule has 1 aromatic carbocycles. The number of thiophene rings is 1. The summed E-state index contributed by atoms with van der Waals surface area (Å²) < 4.78 is 33.4. The third kappa shape index (κ3) is 3.85. The first-order valence-corrected chi connectivity index (χ1v) is 11.5. The lowest BCUT2D eigenvalue weighted by atomic mass is 10.1. The highest BCUT2D eigenvalue weighted by Crippen LogP contribution is 2.31. The third-order valence-electron chi connectivity index (χ3n) is 4.67. The van der Waals surface area contributed by atoms with Crippen LogP contribution in [-0.2, 0) is 10.0 Å². The first-order chi connectivity index (χ1) is 13.1. The smallest absolute Gasteiger partial charge is 0.293 e. The molecular formula is C18H20ClN3O3S2. The zero-order valence-corrected chi connectivity index (χ0v) is 17.0. The molecule has 0 bridgehead atoms. The number of nitrogens with zero attached hydrogens (tertiary/aromatic N) is 2. The van der Waals surface area contributed by atoms with Crippen molar-refractivity contribution in [1.82, 2.24) is 14.5 Å². The van der Waals surface area contributed by atoms with Crippen LogP contribution in [0.3, 0.4) is 0 Å². The number of aromatic nitrogens is 2. The first-order valence-electron chi connectivity index (χ1n) is 8.89. The lowest BCUT2D eigenvalue weighted by Crippen LogP contribution is -2.33. The van der Waals surface area contributed by atoms with Crippen molar-refractivity contribution in [3.8, 4) is 5.75 Å². The molecule has 1 unspecified atom stereocenters. The number of benzene rings is 1. The second-order valence-corrected chi connectivity index (χ2v) is 10.3. The summed E-state index contributed by atoms with van der Waals surface area (Å²) in [6.07, 6.45) is 6.27. The summed E-state index contributed by atoms with van der Waals surface area (Å²) in [5, 5.41) is 8.30. The maximum absolute atomic E-state index is 12.9. The Morgan fingerprint density at radius 2 is 2.15 bits per heavy atom. The van der Waals surface area contributed by atoms with E-state index in [1.54, 1.807) is 18.2 Å². The van der Waals surface area contributed by atoms with Gasteiger partial charge in [0.1, 0.15) is 16.6 Å². The predicted molar refractivity (Wildman–Crippen MR) is 107 cm³/mol. The fourth-order valence-corrected chi connectivity index (χ4v) is 6.09. The van der Waals surface area contributed by atoms with Crippen LogP contribution < -0.4 is 10.1 Å². The van der Waals surface area contributed by atoms with Gasteiger partial charge in [0.2, 0.25) is 0 Å². The van der Waals surface area contributed by atoms with Gasteiger partial charge < -0.3 is 10.1 Å². The number of rotatable bonds is 5. The second kappa shape index (κ2) is 7.79. The molecule has 1 aliphatic heterocycles. The Morgan fingerprint density at radius 3 is 2.96 bits per heavy atom. The zero-order chi connectivity index (χ0) is 18.9. The molecule has 0 radical (unpaired) electrons. The summed E-state index contributed by atoms with van der Waals surface area (Å²) in [5.74, 6) is 0.643. The van der Waals surface area contributed by atoms with Crippen molar-refractivity contribution < 1.29 is 13.2 Å². The van der Waals surface area contributed by atoms with Crippen LogP contribution in [0.5, 0.6) is 5.75 Å². The van der Waals surface area contributed by atoms with Crippen molar-refractivity contribution in [3.05, 3.63) is 40.9 Å². The van der Waals surface area contributed by atoms with Crippen molar-refractivity contribution in [3.63, 3.8) is 0 Å². The van der Waals surface area contributed by atoms with E-state index in [1.165, 1.54) is 31.5 Å². The largest absolute Gasteiger partial charge is 0.491 e. The van der Waals surface area contributed by atoms with Crippen molar-refractivity contribution >= 4 is 43.9 Å². The Labute approximate surface area is 167 Å². The molecule has 4 rings (SSSR count). The summed E-state index contributed by atoms with van der Waals surface area (Å²) in [6.45, 7) is 1.56. The molecule has 1 fully saturated rings. The van der Waals surface area contributed by atoms with E-state index < -0.39 is 10.0 Å². The fourth-order valence-electron chi connectivity index (χ4n) is 3.27. The van der Waals surface area contributed by atoms with Gasteiger partial charge in [-0.25, -0.2) is 0 Å². The van der Waals surface area contributed by atoms with E-state index in [9.17, 15) is 8.42 Å². The third-order valence-corrected chi connectivity index (χ3v) is 7.97. The second-order valence-electron chi connectivity index (χ2n) is 6.55. The standard InChI is InChI=1S/C18H20ClN3O3S2/c19-17-8-9-18(26-17)27(23,24)22-15-6-4-7-16(14(15)11-21-22)25-12-13-5-2-1-3-10-20-13/h4,6-9,11,13,20H,1-3,5,10,12H2. The van der Waals surface area contributed by atoms with Gasteiger partial charge in [0, 0.05) is 6.04 Å². The summed E-state index contributed by atoms with van der Waals surface area (Å²) in [4.78, 5) is 0. The SMILES string of the molecule is O=S(=O)(c1ccc(Cl)s1)n1ncc2c(OCC3CCCCCN3)cccc21. The minimum absolute atomic E-state index is 0.159. The summed E-state index contributed by atoms with van der Waals surface area (Å²) in [7, 11) is -3.79. The van der Waals surface area contributed by atoms with E-state index in [2.05, 4.69) is 10.4 Å². The van der Waals surface area contributed by atoms with Crippen LogP contribution in [0.2, 0.25) is 4.34 Å². The molecule has 6 nitrogen and oxygen atoms in total. The average Bonchev–Trinajstić information content (AvgIpc) is 3.20. The Morgan fingerprint density at radius 1 is 1.26 bits per heavy atom. The molecule has 2 aromatic heterocycles. The number of halogens is 1. The van der Waals surface area contributed by atoms with Crippen LogP contribution >= 0.6 is 22.9 Å². The lowest BCUT2D eigenvalue weighted by Gasteiger charge is -2.17. The molecule has 1 saturated heterocycles. The Kier molecular flexibility index (Phi) is 5.41. The lowest BCUT2D eigenvalue weighted by molar-refractivity contribution is 0.264. The minimum atomic E-state index is -3.79. The van der Waals surface area contributed by atoms with Crippen LogP contribution in [0.25, 0.3) is 10.9 Å². The van der Waals surface area contributed by atoms with E-state index in [0.717, 1.165) is 28.4 Å². The van der Waals surface area contributed by atoms with Crippen molar-refractivity contribution in [2.45, 2.75) is 35.9 Å². The molecule has 9 heteroatoms. The monoisotopic (exact) mass is 425 g/mol. The predicted octanol–water partition coefficient (Wildman–Crippen LogP) is 3.90. The average molecular weight is 426 g/mol. The molecule has 0 aliphatic carbocycles. The number of hydrogen-bond donors (Lipinski definition) is 1. The molecule has 0 spiro atoms. The number of ether oxygens (including phenoxy) is 1. The molecule has 27 heavy (non-hydrogen) atoms. The van der Waals surface area contributed by atoms with E-state index in [4.69, 9.17) is 16.3 Å². The topological polar surface area (TPSA) is 73.2 Å². The van der Waals surface area contributed by atoms with Gasteiger partial charge >= 0.3 is 0 Å². The highest BCUT2D eigenvalue weighted by atomic mass is 35.5. The quantitative estimate of drug-likeness (QED) is 0.671. The Hall–Kier alpha value is -1.61. The van der Waals surface area contributed by atoms with Crippen LogP contribution in [0.4, 0.5) is 0 Å². The van der Waals surface area contributed by atoms with Gasteiger partial charge in [0.25, 0.3) is 10.0 Å². The van der Waals surface area contributed by atoms with Gasteiger partial charge in [-0.3, -0.25) is 0 Å². The molecule has 0 saturated carbocycles. The number of nitrogens with one attached hydrogen (secondary N) is 1. The molecule has 3 aromatic rings. The highest BCUT2D eigenvalue weighted by molar-refractivity contribution is 7.92. The normalized spacial score (nSPS) is 18.5. The highest BCUT2D eigenvalue weighted by Gasteiger charge is 2.23. The van der Waals surface area contributed by atoms with E-state index >= 15 is 0 Å². The summed E-state index contributed by atoms with van der Waals surface area (Å²) in [5.41, 5.74) is 0.492. The summed E-state index contributed by atoms with van der Waals surface area (Å²) in [6, 6.07) is 8.74. The molecule has 3 heterocycles. The maximum atomic E-state index is 12.9. The number of fused-ring (bicyclic) bond motifs is 1. The van der Waals surface area contributed by atoms with Crippen molar-refractivity contribution in [1.29, 1.82) is 0 Å².